The predicted molar refractivity (Wildman–Crippen MR) is 112 cm³/mol. The number of ether oxygens (including phenoxy) is 1. The van der Waals surface area contributed by atoms with Crippen LogP contribution in [0.2, 0.25) is 0 Å². The molecule has 0 aliphatic carbocycles. The first kappa shape index (κ1) is 21.9. The van der Waals surface area contributed by atoms with Gasteiger partial charge in [0.05, 0.1) is 23.0 Å². The first-order valence-electron chi connectivity index (χ1n) is 9.42. The SMILES string of the molecule is CS(=O)(=O)c1cc(C(=O)Nc2ccc(CCN3CCOCC3)cc2)cc([N+](=O)[O-])c1. The largest absolute Gasteiger partial charge is 0.379 e. The monoisotopic (exact) mass is 433 g/mol. The number of carbonyl (C=O) groups is 1. The van der Waals surface area contributed by atoms with Gasteiger partial charge in [-0.15, -0.1) is 0 Å². The van der Waals surface area contributed by atoms with Crippen molar-refractivity contribution in [2.75, 3.05) is 44.4 Å². The summed E-state index contributed by atoms with van der Waals surface area (Å²) in [6.45, 7) is 4.28. The smallest absolute Gasteiger partial charge is 0.271 e. The van der Waals surface area contributed by atoms with Crippen LogP contribution in [0.4, 0.5) is 11.4 Å². The molecule has 2 aromatic rings. The molecule has 1 N–H and O–H groups in total. The number of hydrogen-bond donors (Lipinski definition) is 1. The van der Waals surface area contributed by atoms with Crippen molar-refractivity contribution in [2.45, 2.75) is 11.3 Å². The van der Waals surface area contributed by atoms with E-state index in [9.17, 15) is 23.3 Å². The number of amides is 1. The van der Waals surface area contributed by atoms with Crippen LogP contribution in [0, 0.1) is 10.1 Å². The summed E-state index contributed by atoms with van der Waals surface area (Å²) >= 11 is 0. The van der Waals surface area contributed by atoms with Gasteiger partial charge in [-0.05, 0) is 30.2 Å². The molecular formula is C20H23N3O6S. The molecule has 9 nitrogen and oxygen atoms in total. The normalized spacial score (nSPS) is 15.0. The molecule has 0 aromatic heterocycles. The molecule has 1 saturated heterocycles. The van der Waals surface area contributed by atoms with Crippen molar-refractivity contribution < 1.29 is 22.9 Å². The lowest BCUT2D eigenvalue weighted by atomic mass is 10.1. The van der Waals surface area contributed by atoms with Crippen LogP contribution in [-0.4, -0.2) is 63.3 Å². The Morgan fingerprint density at radius 1 is 1.17 bits per heavy atom. The zero-order valence-electron chi connectivity index (χ0n) is 16.5. The minimum atomic E-state index is -3.71. The second kappa shape index (κ2) is 9.33. The molecule has 0 atom stereocenters. The molecule has 0 radical (unpaired) electrons. The number of nitro groups is 1. The molecule has 0 unspecified atom stereocenters. The summed E-state index contributed by atoms with van der Waals surface area (Å²) in [4.78, 5) is 25.0. The van der Waals surface area contributed by atoms with Crippen LogP contribution in [0.3, 0.4) is 0 Å². The molecule has 1 amide bonds. The summed E-state index contributed by atoms with van der Waals surface area (Å²) in [5.74, 6) is -0.621. The van der Waals surface area contributed by atoms with Gasteiger partial charge < -0.3 is 10.1 Å². The molecule has 1 fully saturated rings. The molecule has 30 heavy (non-hydrogen) atoms. The maximum atomic E-state index is 12.5. The number of sulfone groups is 1. The van der Waals surface area contributed by atoms with E-state index in [2.05, 4.69) is 10.2 Å². The molecule has 10 heteroatoms. The van der Waals surface area contributed by atoms with Crippen LogP contribution in [0.25, 0.3) is 0 Å². The average molecular weight is 433 g/mol. The average Bonchev–Trinajstić information content (AvgIpc) is 2.73. The third-order valence-corrected chi connectivity index (χ3v) is 5.92. The molecule has 1 heterocycles. The Balaban J connectivity index is 1.68. The van der Waals surface area contributed by atoms with Crippen molar-refractivity contribution in [3.05, 3.63) is 63.7 Å². The molecule has 160 valence electrons. The van der Waals surface area contributed by atoms with Crippen molar-refractivity contribution in [3.63, 3.8) is 0 Å². The van der Waals surface area contributed by atoms with Gasteiger partial charge in [-0.2, -0.15) is 0 Å². The van der Waals surface area contributed by atoms with E-state index in [-0.39, 0.29) is 10.5 Å². The van der Waals surface area contributed by atoms with E-state index in [1.54, 1.807) is 12.1 Å². The van der Waals surface area contributed by atoms with Crippen LogP contribution in [-0.2, 0) is 21.0 Å². The second-order valence-corrected chi connectivity index (χ2v) is 9.12. The van der Waals surface area contributed by atoms with Crippen molar-refractivity contribution in [1.29, 1.82) is 0 Å². The highest BCUT2D eigenvalue weighted by atomic mass is 32.2. The molecule has 0 bridgehead atoms. The second-order valence-electron chi connectivity index (χ2n) is 7.10. The Labute approximate surface area is 174 Å². The van der Waals surface area contributed by atoms with E-state index in [0.29, 0.717) is 5.69 Å². The van der Waals surface area contributed by atoms with E-state index in [1.165, 1.54) is 0 Å². The van der Waals surface area contributed by atoms with Crippen LogP contribution in [0.1, 0.15) is 15.9 Å². The van der Waals surface area contributed by atoms with Gasteiger partial charge in [0, 0.05) is 49.3 Å². The minimum Gasteiger partial charge on any atom is -0.379 e. The third kappa shape index (κ3) is 5.85. The summed E-state index contributed by atoms with van der Waals surface area (Å²) < 4.78 is 28.9. The van der Waals surface area contributed by atoms with Gasteiger partial charge in [0.1, 0.15) is 0 Å². The van der Waals surface area contributed by atoms with E-state index in [4.69, 9.17) is 4.74 Å². The number of anilines is 1. The Morgan fingerprint density at radius 3 is 2.43 bits per heavy atom. The zero-order chi connectivity index (χ0) is 21.7. The molecule has 1 aliphatic heterocycles. The first-order valence-corrected chi connectivity index (χ1v) is 11.3. The van der Waals surface area contributed by atoms with Gasteiger partial charge in [0.25, 0.3) is 11.6 Å². The van der Waals surface area contributed by atoms with Gasteiger partial charge in [0.2, 0.25) is 0 Å². The number of benzene rings is 2. The minimum absolute atomic E-state index is 0.0963. The van der Waals surface area contributed by atoms with Crippen molar-refractivity contribution in [1.82, 2.24) is 4.90 Å². The van der Waals surface area contributed by atoms with Crippen molar-refractivity contribution in [3.8, 4) is 0 Å². The van der Waals surface area contributed by atoms with Gasteiger partial charge in [0.15, 0.2) is 9.84 Å². The van der Waals surface area contributed by atoms with Crippen LogP contribution < -0.4 is 5.32 Å². The lowest BCUT2D eigenvalue weighted by Crippen LogP contribution is -2.37. The maximum absolute atomic E-state index is 12.5. The Kier molecular flexibility index (Phi) is 6.80. The third-order valence-electron chi connectivity index (χ3n) is 4.82. The van der Waals surface area contributed by atoms with E-state index in [0.717, 1.165) is 69.3 Å². The van der Waals surface area contributed by atoms with Crippen molar-refractivity contribution >= 4 is 27.1 Å². The quantitative estimate of drug-likeness (QED) is 0.525. The number of rotatable bonds is 7. The zero-order valence-corrected chi connectivity index (χ0v) is 17.4. The number of nitro benzene ring substituents is 1. The number of hydrogen-bond acceptors (Lipinski definition) is 7. The molecule has 0 saturated carbocycles. The Bertz CT molecular complexity index is 1030. The lowest BCUT2D eigenvalue weighted by molar-refractivity contribution is -0.385. The molecule has 1 aliphatic rings. The summed E-state index contributed by atoms with van der Waals surface area (Å²) in [7, 11) is -3.71. The number of morpholine rings is 1. The van der Waals surface area contributed by atoms with E-state index >= 15 is 0 Å². The molecule has 3 rings (SSSR count). The topological polar surface area (TPSA) is 119 Å². The van der Waals surface area contributed by atoms with Gasteiger partial charge >= 0.3 is 0 Å². The van der Waals surface area contributed by atoms with E-state index < -0.39 is 26.4 Å². The fraction of sp³-hybridized carbons (Fsp3) is 0.350. The number of carbonyl (C=O) groups excluding carboxylic acids is 1. The highest BCUT2D eigenvalue weighted by molar-refractivity contribution is 7.90. The van der Waals surface area contributed by atoms with Gasteiger partial charge in [-0.3, -0.25) is 19.8 Å². The number of non-ortho nitro benzene ring substituents is 1. The summed E-state index contributed by atoms with van der Waals surface area (Å²) in [6.07, 6.45) is 1.81. The highest BCUT2D eigenvalue weighted by Gasteiger charge is 2.19. The number of nitrogens with zero attached hydrogens (tertiary/aromatic N) is 2. The summed E-state index contributed by atoms with van der Waals surface area (Å²) in [6, 6.07) is 10.4. The Morgan fingerprint density at radius 2 is 1.83 bits per heavy atom. The van der Waals surface area contributed by atoms with E-state index in [1.807, 2.05) is 12.1 Å². The fourth-order valence-electron chi connectivity index (χ4n) is 3.10. The van der Waals surface area contributed by atoms with Crippen LogP contribution in [0.5, 0.6) is 0 Å². The van der Waals surface area contributed by atoms with Crippen LogP contribution >= 0.6 is 0 Å². The summed E-state index contributed by atoms with van der Waals surface area (Å²) in [5, 5.41) is 13.7. The van der Waals surface area contributed by atoms with Crippen LogP contribution in [0.15, 0.2) is 47.4 Å². The summed E-state index contributed by atoms with van der Waals surface area (Å²) in [5.41, 5.74) is 1.08. The lowest BCUT2D eigenvalue weighted by Gasteiger charge is -2.26. The molecule has 2 aromatic carbocycles. The Hall–Kier alpha value is -2.82. The van der Waals surface area contributed by atoms with Crippen molar-refractivity contribution in [2.24, 2.45) is 0 Å². The molecular weight excluding hydrogens is 410 g/mol. The highest BCUT2D eigenvalue weighted by Crippen LogP contribution is 2.22. The molecule has 0 spiro atoms. The predicted octanol–water partition coefficient (Wildman–Crippen LogP) is 2.13. The standard InChI is InChI=1S/C20H23N3O6S/c1-30(27,28)19-13-16(12-18(14-19)23(25)26)20(24)21-17-4-2-15(3-5-17)6-7-22-8-10-29-11-9-22/h2-5,12-14H,6-11H2,1H3,(H,21,24). The van der Waals surface area contributed by atoms with Gasteiger partial charge in [-0.25, -0.2) is 8.42 Å². The number of nitrogens with one attached hydrogen (secondary N) is 1. The van der Waals surface area contributed by atoms with Gasteiger partial charge in [-0.1, -0.05) is 12.1 Å². The fourth-order valence-corrected chi connectivity index (χ4v) is 3.78. The maximum Gasteiger partial charge on any atom is 0.271 e. The first-order chi connectivity index (χ1) is 14.2.